The fourth-order valence-corrected chi connectivity index (χ4v) is 3.32. The van der Waals surface area contributed by atoms with Gasteiger partial charge in [0, 0.05) is 32.7 Å². The number of hydrogen-bond donors (Lipinski definition) is 1. The lowest BCUT2D eigenvalue weighted by Crippen LogP contribution is -2.53. The van der Waals surface area contributed by atoms with E-state index in [0.717, 1.165) is 45.6 Å². The third-order valence-corrected chi connectivity index (χ3v) is 5.00. The third kappa shape index (κ3) is 3.74. The Kier molecular flexibility index (Phi) is 5.22. The molecule has 0 spiro atoms. The minimum atomic E-state index is -0.721. The topological polar surface area (TPSA) is 64.1 Å². The average Bonchev–Trinajstić information content (AvgIpc) is 2.47. The van der Waals surface area contributed by atoms with E-state index in [-0.39, 0.29) is 5.91 Å². The van der Waals surface area contributed by atoms with E-state index in [1.807, 2.05) is 16.7 Å². The van der Waals surface area contributed by atoms with Gasteiger partial charge in [-0.25, -0.2) is 0 Å². The summed E-state index contributed by atoms with van der Waals surface area (Å²) in [7, 11) is 2.06. The first-order valence-electron chi connectivity index (χ1n) is 7.89. The number of carbonyl (C=O) groups is 2. The Morgan fingerprint density at radius 1 is 1.14 bits per heavy atom. The van der Waals surface area contributed by atoms with Crippen LogP contribution in [0.2, 0.25) is 0 Å². The second kappa shape index (κ2) is 6.75. The van der Waals surface area contributed by atoms with E-state index in [9.17, 15) is 14.7 Å². The largest absolute Gasteiger partial charge is 0.481 e. The van der Waals surface area contributed by atoms with Crippen molar-refractivity contribution in [2.24, 2.45) is 5.41 Å². The standard InChI is InChI=1S/C15H27N3O3/c1-3-15(14(20)21)5-4-6-17(12-15)11-13(19)18-9-7-16(2)8-10-18/h3-12H2,1-2H3,(H,20,21). The van der Waals surface area contributed by atoms with E-state index in [1.54, 1.807) is 0 Å². The third-order valence-electron chi connectivity index (χ3n) is 5.00. The van der Waals surface area contributed by atoms with Crippen LogP contribution >= 0.6 is 0 Å². The lowest BCUT2D eigenvalue weighted by Gasteiger charge is -2.40. The summed E-state index contributed by atoms with van der Waals surface area (Å²) in [5.41, 5.74) is -0.666. The van der Waals surface area contributed by atoms with Crippen molar-refractivity contribution >= 4 is 11.9 Å². The number of nitrogens with zero attached hydrogens (tertiary/aromatic N) is 3. The highest BCUT2D eigenvalue weighted by molar-refractivity contribution is 5.79. The Balaban J connectivity index is 1.90. The average molecular weight is 297 g/mol. The predicted octanol–water partition coefficient (Wildman–Crippen LogP) is 0.337. The number of carboxylic acid groups (broad SMARTS) is 1. The second-order valence-electron chi connectivity index (χ2n) is 6.44. The molecule has 0 aromatic rings. The van der Waals surface area contributed by atoms with Crippen molar-refractivity contribution in [3.8, 4) is 0 Å². The number of likely N-dealkylation sites (tertiary alicyclic amines) is 1. The van der Waals surface area contributed by atoms with E-state index in [1.165, 1.54) is 0 Å². The van der Waals surface area contributed by atoms with Gasteiger partial charge in [0.2, 0.25) is 5.91 Å². The molecular weight excluding hydrogens is 270 g/mol. The molecule has 0 radical (unpaired) electrons. The number of hydrogen-bond acceptors (Lipinski definition) is 4. The Hall–Kier alpha value is -1.14. The van der Waals surface area contributed by atoms with Crippen molar-refractivity contribution in [3.63, 3.8) is 0 Å². The molecule has 1 atom stereocenters. The van der Waals surface area contributed by atoms with Gasteiger partial charge in [-0.15, -0.1) is 0 Å². The van der Waals surface area contributed by atoms with Gasteiger partial charge in [0.05, 0.1) is 12.0 Å². The van der Waals surface area contributed by atoms with E-state index < -0.39 is 11.4 Å². The van der Waals surface area contributed by atoms with E-state index in [2.05, 4.69) is 11.9 Å². The zero-order valence-electron chi connectivity index (χ0n) is 13.2. The molecule has 6 nitrogen and oxygen atoms in total. The first kappa shape index (κ1) is 16.2. The highest BCUT2D eigenvalue weighted by atomic mass is 16.4. The Labute approximate surface area is 126 Å². The lowest BCUT2D eigenvalue weighted by atomic mass is 9.77. The number of aliphatic carboxylic acids is 1. The second-order valence-corrected chi connectivity index (χ2v) is 6.44. The zero-order valence-corrected chi connectivity index (χ0v) is 13.2. The molecule has 1 unspecified atom stereocenters. The molecule has 0 bridgehead atoms. The van der Waals surface area contributed by atoms with Crippen LogP contribution in [0.5, 0.6) is 0 Å². The summed E-state index contributed by atoms with van der Waals surface area (Å²) in [5.74, 6) is -0.581. The van der Waals surface area contributed by atoms with Crippen LogP contribution in [0.3, 0.4) is 0 Å². The van der Waals surface area contributed by atoms with Crippen LogP contribution in [0.4, 0.5) is 0 Å². The molecule has 0 aliphatic carbocycles. The van der Waals surface area contributed by atoms with Crippen LogP contribution in [0.15, 0.2) is 0 Å². The number of rotatable bonds is 4. The van der Waals surface area contributed by atoms with Crippen molar-refractivity contribution in [3.05, 3.63) is 0 Å². The molecule has 2 aliphatic rings. The molecule has 2 heterocycles. The first-order chi connectivity index (χ1) is 9.97. The molecule has 1 N–H and O–H groups in total. The summed E-state index contributed by atoms with van der Waals surface area (Å²) in [5, 5.41) is 9.49. The van der Waals surface area contributed by atoms with Crippen LogP contribution in [0.25, 0.3) is 0 Å². The molecule has 2 saturated heterocycles. The Bertz CT molecular complexity index is 394. The van der Waals surface area contributed by atoms with Gasteiger partial charge in [0.15, 0.2) is 0 Å². The molecule has 0 saturated carbocycles. The number of piperidine rings is 1. The summed E-state index contributed by atoms with van der Waals surface area (Å²) in [4.78, 5) is 30.1. The number of amides is 1. The molecule has 21 heavy (non-hydrogen) atoms. The van der Waals surface area contributed by atoms with Crippen LogP contribution in [0.1, 0.15) is 26.2 Å². The van der Waals surface area contributed by atoms with Crippen molar-refractivity contribution in [2.45, 2.75) is 26.2 Å². The zero-order chi connectivity index (χ0) is 15.5. The van der Waals surface area contributed by atoms with Gasteiger partial charge in [0.25, 0.3) is 0 Å². The quantitative estimate of drug-likeness (QED) is 0.810. The van der Waals surface area contributed by atoms with E-state index in [4.69, 9.17) is 0 Å². The van der Waals surface area contributed by atoms with Gasteiger partial charge < -0.3 is 14.9 Å². The van der Waals surface area contributed by atoms with Crippen LogP contribution in [-0.4, -0.2) is 84.5 Å². The summed E-state index contributed by atoms with van der Waals surface area (Å²) in [6.45, 7) is 7.01. The summed E-state index contributed by atoms with van der Waals surface area (Å²) >= 11 is 0. The fourth-order valence-electron chi connectivity index (χ4n) is 3.32. The predicted molar refractivity (Wildman–Crippen MR) is 80.1 cm³/mol. The molecule has 1 amide bonds. The maximum atomic E-state index is 12.4. The summed E-state index contributed by atoms with van der Waals surface area (Å²) < 4.78 is 0. The molecule has 0 aromatic heterocycles. The van der Waals surface area contributed by atoms with Gasteiger partial charge in [-0.3, -0.25) is 14.5 Å². The molecule has 2 aliphatic heterocycles. The lowest BCUT2D eigenvalue weighted by molar-refractivity contribution is -0.154. The Morgan fingerprint density at radius 2 is 1.81 bits per heavy atom. The van der Waals surface area contributed by atoms with Gasteiger partial charge in [0.1, 0.15) is 0 Å². The summed E-state index contributed by atoms with van der Waals surface area (Å²) in [6, 6.07) is 0. The van der Waals surface area contributed by atoms with Gasteiger partial charge in [-0.2, -0.15) is 0 Å². The maximum Gasteiger partial charge on any atom is 0.310 e. The fraction of sp³-hybridized carbons (Fsp3) is 0.867. The molecule has 120 valence electrons. The highest BCUT2D eigenvalue weighted by Crippen LogP contribution is 2.33. The van der Waals surface area contributed by atoms with Crippen molar-refractivity contribution < 1.29 is 14.7 Å². The van der Waals surface area contributed by atoms with Crippen LogP contribution in [0, 0.1) is 5.41 Å². The molecule has 2 fully saturated rings. The minimum Gasteiger partial charge on any atom is -0.481 e. The van der Waals surface area contributed by atoms with Crippen LogP contribution in [-0.2, 0) is 9.59 Å². The molecule has 0 aromatic carbocycles. The smallest absolute Gasteiger partial charge is 0.310 e. The van der Waals surface area contributed by atoms with E-state index in [0.29, 0.717) is 19.5 Å². The first-order valence-corrected chi connectivity index (χ1v) is 7.89. The monoisotopic (exact) mass is 297 g/mol. The van der Waals surface area contributed by atoms with Crippen molar-refractivity contribution in [1.29, 1.82) is 0 Å². The number of piperazine rings is 1. The minimum absolute atomic E-state index is 0.139. The Morgan fingerprint density at radius 3 is 2.38 bits per heavy atom. The van der Waals surface area contributed by atoms with Crippen molar-refractivity contribution in [2.75, 3.05) is 52.9 Å². The SMILES string of the molecule is CCC1(C(=O)O)CCCN(CC(=O)N2CCN(C)CC2)C1. The number of carboxylic acids is 1. The highest BCUT2D eigenvalue weighted by Gasteiger charge is 2.41. The molecule has 6 heteroatoms. The van der Waals surface area contributed by atoms with Crippen molar-refractivity contribution in [1.82, 2.24) is 14.7 Å². The number of carbonyl (C=O) groups excluding carboxylic acids is 1. The molecule has 2 rings (SSSR count). The van der Waals surface area contributed by atoms with Gasteiger partial charge in [-0.1, -0.05) is 6.92 Å². The molecular formula is C15H27N3O3. The van der Waals surface area contributed by atoms with Gasteiger partial charge in [-0.05, 0) is 32.9 Å². The normalized spacial score (nSPS) is 28.6. The van der Waals surface area contributed by atoms with Gasteiger partial charge >= 0.3 is 5.97 Å². The summed E-state index contributed by atoms with van der Waals surface area (Å²) in [6.07, 6.45) is 2.20. The van der Waals surface area contributed by atoms with Crippen LogP contribution < -0.4 is 0 Å². The van der Waals surface area contributed by atoms with E-state index >= 15 is 0 Å². The number of likely N-dealkylation sites (N-methyl/N-ethyl adjacent to an activating group) is 1. The maximum absolute atomic E-state index is 12.4.